The lowest BCUT2D eigenvalue weighted by Gasteiger charge is -2.20. The highest BCUT2D eigenvalue weighted by molar-refractivity contribution is 5.59. The van der Waals surface area contributed by atoms with E-state index in [1.165, 1.54) is 22.4 Å². The van der Waals surface area contributed by atoms with Gasteiger partial charge in [0, 0.05) is 24.8 Å². The number of nitrogens with two attached hydrogens (primary N) is 1. The lowest BCUT2D eigenvalue weighted by molar-refractivity contribution is 0.282. The Morgan fingerprint density at radius 2 is 1.86 bits per heavy atom. The van der Waals surface area contributed by atoms with Crippen molar-refractivity contribution < 1.29 is 5.11 Å². The van der Waals surface area contributed by atoms with E-state index in [-0.39, 0.29) is 12.6 Å². The van der Waals surface area contributed by atoms with Gasteiger partial charge in [-0.3, -0.25) is 0 Å². The van der Waals surface area contributed by atoms with Crippen LogP contribution in [0.5, 0.6) is 0 Å². The van der Waals surface area contributed by atoms with E-state index >= 15 is 0 Å². The van der Waals surface area contributed by atoms with E-state index in [0.29, 0.717) is 0 Å². The summed E-state index contributed by atoms with van der Waals surface area (Å²) < 4.78 is 0. The van der Waals surface area contributed by atoms with Crippen molar-refractivity contribution in [2.45, 2.75) is 32.5 Å². The van der Waals surface area contributed by atoms with E-state index in [1.807, 2.05) is 19.1 Å². The summed E-state index contributed by atoms with van der Waals surface area (Å²) >= 11 is 0. The molecule has 0 radical (unpaired) electrons. The summed E-state index contributed by atoms with van der Waals surface area (Å²) in [5.41, 5.74) is 12.1. The molecular weight excluding hydrogens is 260 g/mol. The fraction of sp³-hybridized carbons (Fsp3) is 0.333. The molecule has 0 saturated carbocycles. The minimum Gasteiger partial charge on any atom is -0.392 e. The molecule has 0 amide bonds. The summed E-state index contributed by atoms with van der Waals surface area (Å²) in [7, 11) is 0. The Balaban J connectivity index is 1.77. The van der Waals surface area contributed by atoms with E-state index < -0.39 is 0 Å². The fourth-order valence-electron chi connectivity index (χ4n) is 2.91. The summed E-state index contributed by atoms with van der Waals surface area (Å²) in [6.45, 7) is 4.10. The van der Waals surface area contributed by atoms with Crippen LogP contribution in [0.3, 0.4) is 0 Å². The Kier molecular flexibility index (Phi) is 3.95. The van der Waals surface area contributed by atoms with Gasteiger partial charge in [0.25, 0.3) is 0 Å². The van der Waals surface area contributed by atoms with Gasteiger partial charge in [0.05, 0.1) is 6.61 Å². The van der Waals surface area contributed by atoms with E-state index in [0.717, 1.165) is 25.1 Å². The van der Waals surface area contributed by atoms with E-state index in [4.69, 9.17) is 10.8 Å². The first-order valence-corrected chi connectivity index (χ1v) is 7.49. The van der Waals surface area contributed by atoms with Crippen molar-refractivity contribution in [3.8, 4) is 0 Å². The molecule has 2 aromatic carbocycles. The highest BCUT2D eigenvalue weighted by Gasteiger charge is 2.19. The number of rotatable bonds is 4. The first kappa shape index (κ1) is 14.1. The third-order valence-electron chi connectivity index (χ3n) is 4.20. The number of benzene rings is 2. The molecule has 1 aliphatic rings. The number of anilines is 1. The predicted molar refractivity (Wildman–Crippen MR) is 86.2 cm³/mol. The van der Waals surface area contributed by atoms with Crippen LogP contribution in [0.25, 0.3) is 0 Å². The maximum absolute atomic E-state index is 9.09. The average molecular weight is 282 g/mol. The SMILES string of the molecule is CC(N)c1ccc2c(c1)CCN2Cc1ccc(CO)cc1. The number of hydrogen-bond donors (Lipinski definition) is 2. The molecule has 3 N–H and O–H groups in total. The zero-order valence-corrected chi connectivity index (χ0v) is 12.4. The molecule has 0 aliphatic carbocycles. The fourth-order valence-corrected chi connectivity index (χ4v) is 2.91. The molecule has 21 heavy (non-hydrogen) atoms. The Hall–Kier alpha value is -1.84. The van der Waals surface area contributed by atoms with Gasteiger partial charge in [0.1, 0.15) is 0 Å². The molecule has 0 spiro atoms. The molecule has 1 heterocycles. The van der Waals surface area contributed by atoms with Gasteiger partial charge in [0.2, 0.25) is 0 Å². The van der Waals surface area contributed by atoms with E-state index in [2.05, 4.69) is 35.2 Å². The van der Waals surface area contributed by atoms with Crippen molar-refractivity contribution >= 4 is 5.69 Å². The molecule has 3 nitrogen and oxygen atoms in total. The third-order valence-corrected chi connectivity index (χ3v) is 4.20. The van der Waals surface area contributed by atoms with Crippen LogP contribution in [-0.4, -0.2) is 11.7 Å². The number of nitrogens with zero attached hydrogens (tertiary/aromatic N) is 1. The van der Waals surface area contributed by atoms with Crippen molar-refractivity contribution in [1.29, 1.82) is 0 Å². The Labute approximate surface area is 126 Å². The van der Waals surface area contributed by atoms with Crippen molar-refractivity contribution in [2.75, 3.05) is 11.4 Å². The maximum atomic E-state index is 9.09. The van der Waals surface area contributed by atoms with Crippen molar-refractivity contribution in [3.05, 3.63) is 64.7 Å². The zero-order valence-electron chi connectivity index (χ0n) is 12.4. The molecule has 0 bridgehead atoms. The number of aliphatic hydroxyl groups is 1. The molecule has 1 atom stereocenters. The van der Waals surface area contributed by atoms with Gasteiger partial charge < -0.3 is 15.7 Å². The van der Waals surface area contributed by atoms with Crippen LogP contribution in [0.15, 0.2) is 42.5 Å². The molecule has 1 unspecified atom stereocenters. The van der Waals surface area contributed by atoms with Gasteiger partial charge in [-0.05, 0) is 41.7 Å². The molecule has 1 aliphatic heterocycles. The largest absolute Gasteiger partial charge is 0.392 e. The number of fused-ring (bicyclic) bond motifs is 1. The van der Waals surface area contributed by atoms with Crippen molar-refractivity contribution in [1.82, 2.24) is 0 Å². The van der Waals surface area contributed by atoms with Crippen LogP contribution in [0.2, 0.25) is 0 Å². The third kappa shape index (κ3) is 2.94. The first-order chi connectivity index (χ1) is 10.2. The first-order valence-electron chi connectivity index (χ1n) is 7.49. The smallest absolute Gasteiger partial charge is 0.0681 e. The van der Waals surface area contributed by atoms with Crippen LogP contribution >= 0.6 is 0 Å². The van der Waals surface area contributed by atoms with Crippen LogP contribution in [0.4, 0.5) is 5.69 Å². The van der Waals surface area contributed by atoms with Gasteiger partial charge in [0.15, 0.2) is 0 Å². The topological polar surface area (TPSA) is 49.5 Å². The predicted octanol–water partition coefficient (Wildman–Crippen LogP) is 2.76. The van der Waals surface area contributed by atoms with Gasteiger partial charge in [-0.25, -0.2) is 0 Å². The summed E-state index contributed by atoms with van der Waals surface area (Å²) in [5.74, 6) is 0. The summed E-state index contributed by atoms with van der Waals surface area (Å²) in [5, 5.41) is 9.09. The molecule has 2 aromatic rings. The molecule has 3 heteroatoms. The highest BCUT2D eigenvalue weighted by atomic mass is 16.3. The monoisotopic (exact) mass is 282 g/mol. The normalized spacial score (nSPS) is 15.1. The Morgan fingerprint density at radius 1 is 1.14 bits per heavy atom. The van der Waals surface area contributed by atoms with Crippen molar-refractivity contribution in [2.24, 2.45) is 5.73 Å². The summed E-state index contributed by atoms with van der Waals surface area (Å²) in [6, 6.07) is 14.8. The van der Waals surface area contributed by atoms with E-state index in [1.54, 1.807) is 0 Å². The molecule has 0 fully saturated rings. The van der Waals surface area contributed by atoms with Crippen LogP contribution in [-0.2, 0) is 19.6 Å². The van der Waals surface area contributed by atoms with Gasteiger partial charge in [-0.15, -0.1) is 0 Å². The average Bonchev–Trinajstić information content (AvgIpc) is 2.90. The molecule has 3 rings (SSSR count). The Bertz CT molecular complexity index is 620. The molecule has 0 saturated heterocycles. The molecular formula is C18H22N2O. The van der Waals surface area contributed by atoms with Gasteiger partial charge in [-0.1, -0.05) is 36.4 Å². The van der Waals surface area contributed by atoms with Crippen LogP contribution in [0, 0.1) is 0 Å². The lowest BCUT2D eigenvalue weighted by Crippen LogP contribution is -2.19. The van der Waals surface area contributed by atoms with Crippen molar-refractivity contribution in [3.63, 3.8) is 0 Å². The molecule has 110 valence electrons. The maximum Gasteiger partial charge on any atom is 0.0681 e. The van der Waals surface area contributed by atoms with E-state index in [9.17, 15) is 0 Å². The molecule has 0 aromatic heterocycles. The second kappa shape index (κ2) is 5.88. The minimum atomic E-state index is 0.0929. The summed E-state index contributed by atoms with van der Waals surface area (Å²) in [6.07, 6.45) is 1.09. The Morgan fingerprint density at radius 3 is 2.52 bits per heavy atom. The number of aliphatic hydroxyl groups excluding tert-OH is 1. The number of hydrogen-bond acceptors (Lipinski definition) is 3. The summed E-state index contributed by atoms with van der Waals surface area (Å²) in [4.78, 5) is 2.41. The highest BCUT2D eigenvalue weighted by Crippen LogP contribution is 2.31. The second-order valence-corrected chi connectivity index (χ2v) is 5.82. The lowest BCUT2D eigenvalue weighted by atomic mass is 10.0. The van der Waals surface area contributed by atoms with Gasteiger partial charge >= 0.3 is 0 Å². The standard InChI is InChI=1S/C18H22N2O/c1-13(19)16-6-7-18-17(10-16)8-9-20(18)11-14-2-4-15(12-21)5-3-14/h2-7,10,13,21H,8-9,11-12,19H2,1H3. The van der Waals surface area contributed by atoms with Crippen LogP contribution in [0.1, 0.15) is 35.2 Å². The zero-order chi connectivity index (χ0) is 14.8. The second-order valence-electron chi connectivity index (χ2n) is 5.82. The van der Waals surface area contributed by atoms with Crippen LogP contribution < -0.4 is 10.6 Å². The quantitative estimate of drug-likeness (QED) is 0.906. The van der Waals surface area contributed by atoms with Gasteiger partial charge in [-0.2, -0.15) is 0 Å². The minimum absolute atomic E-state index is 0.0929.